The smallest absolute Gasteiger partial charge is 0.292 e. The second kappa shape index (κ2) is 10.9. The molecule has 0 unspecified atom stereocenters. The predicted molar refractivity (Wildman–Crippen MR) is 163 cm³/mol. The van der Waals surface area contributed by atoms with E-state index in [1.807, 2.05) is 33.4 Å². The van der Waals surface area contributed by atoms with Crippen LogP contribution in [-0.2, 0) is 23.8 Å². The Hall–Kier alpha value is -4.33. The molecule has 5 rings (SSSR count). The molecule has 0 saturated carbocycles. The minimum absolute atomic E-state index is 0.0103. The number of aromatic amines is 1. The van der Waals surface area contributed by atoms with Crippen LogP contribution in [0, 0.1) is 0 Å². The summed E-state index contributed by atoms with van der Waals surface area (Å²) in [7, 11) is 0. The monoisotopic (exact) mass is 549 g/mol. The number of rotatable bonds is 7. The lowest BCUT2D eigenvalue weighted by Crippen LogP contribution is -2.29. The van der Waals surface area contributed by atoms with E-state index in [9.17, 15) is 4.79 Å². The van der Waals surface area contributed by atoms with Gasteiger partial charge in [0.2, 0.25) is 5.82 Å². The Morgan fingerprint density at radius 1 is 0.878 bits per heavy atom. The molecule has 0 atom stereocenters. The van der Waals surface area contributed by atoms with E-state index in [4.69, 9.17) is 0 Å². The molecule has 0 spiro atoms. The van der Waals surface area contributed by atoms with Crippen LogP contribution >= 0.6 is 0 Å². The molecule has 0 aliphatic rings. The Morgan fingerprint density at radius 2 is 1.56 bits per heavy atom. The minimum Gasteiger partial charge on any atom is -0.292 e. The fourth-order valence-corrected chi connectivity index (χ4v) is 5.37. The predicted octanol–water partition coefficient (Wildman–Crippen LogP) is 6.48. The van der Waals surface area contributed by atoms with Gasteiger partial charge in [0.15, 0.2) is 0 Å². The molecule has 5 aromatic rings. The van der Waals surface area contributed by atoms with E-state index >= 15 is 0 Å². The fraction of sp³-hybridized carbons (Fsp3) is 0.364. The molecule has 0 amide bonds. The molecule has 0 saturated heterocycles. The van der Waals surface area contributed by atoms with Crippen LogP contribution in [0.3, 0.4) is 0 Å². The zero-order chi connectivity index (χ0) is 29.4. The summed E-state index contributed by atoms with van der Waals surface area (Å²) in [6.45, 7) is 15.9. The number of para-hydroxylation sites is 1. The van der Waals surface area contributed by atoms with Crippen molar-refractivity contribution in [2.45, 2.75) is 78.7 Å². The van der Waals surface area contributed by atoms with Gasteiger partial charge in [0.25, 0.3) is 0 Å². The van der Waals surface area contributed by atoms with E-state index in [1.54, 1.807) is 6.20 Å². The number of pyridine rings is 1. The average molecular weight is 550 g/mol. The number of aromatic nitrogens is 7. The molecule has 0 fully saturated rings. The van der Waals surface area contributed by atoms with E-state index in [0.29, 0.717) is 12.4 Å². The molecule has 2 aromatic carbocycles. The number of hydrogen-bond donors (Lipinski definition) is 1. The van der Waals surface area contributed by atoms with Crippen LogP contribution in [0.15, 0.2) is 71.8 Å². The van der Waals surface area contributed by atoms with Gasteiger partial charge in [-0.1, -0.05) is 97.4 Å². The maximum atomic E-state index is 14.2. The summed E-state index contributed by atoms with van der Waals surface area (Å²) < 4.78 is 3.82. The number of nitrogens with zero attached hydrogens (tertiary/aromatic N) is 6. The summed E-state index contributed by atoms with van der Waals surface area (Å²) in [5, 5.41) is 14.4. The zero-order valence-electron chi connectivity index (χ0n) is 25.1. The zero-order valence-corrected chi connectivity index (χ0v) is 25.1. The van der Waals surface area contributed by atoms with Crippen molar-refractivity contribution in [2.24, 2.45) is 0 Å². The van der Waals surface area contributed by atoms with Crippen molar-refractivity contribution >= 4 is 0 Å². The fourth-order valence-electron chi connectivity index (χ4n) is 5.37. The van der Waals surface area contributed by atoms with Crippen molar-refractivity contribution in [3.63, 3.8) is 0 Å². The highest BCUT2D eigenvalue weighted by Crippen LogP contribution is 2.36. The third kappa shape index (κ3) is 5.64. The van der Waals surface area contributed by atoms with E-state index in [0.717, 1.165) is 46.6 Å². The first kappa shape index (κ1) is 28.2. The molecular weight excluding hydrogens is 510 g/mol. The van der Waals surface area contributed by atoms with E-state index in [-0.39, 0.29) is 16.5 Å². The second-order valence-corrected chi connectivity index (χ2v) is 12.6. The summed E-state index contributed by atoms with van der Waals surface area (Å²) in [5.74, 6) is 0.499. The van der Waals surface area contributed by atoms with Gasteiger partial charge in [-0.2, -0.15) is 5.21 Å². The van der Waals surface area contributed by atoms with Crippen LogP contribution in [0.2, 0.25) is 0 Å². The molecule has 0 aliphatic heterocycles. The van der Waals surface area contributed by atoms with Crippen LogP contribution < -0.4 is 5.69 Å². The molecule has 212 valence electrons. The highest BCUT2D eigenvalue weighted by molar-refractivity contribution is 5.77. The average Bonchev–Trinajstić information content (AvgIpc) is 3.57. The second-order valence-electron chi connectivity index (χ2n) is 12.6. The van der Waals surface area contributed by atoms with Gasteiger partial charge in [-0.05, 0) is 51.3 Å². The van der Waals surface area contributed by atoms with Crippen molar-refractivity contribution in [1.29, 1.82) is 0 Å². The maximum Gasteiger partial charge on any atom is 0.333 e. The number of tetrazole rings is 1. The first-order valence-corrected chi connectivity index (χ1v) is 14.2. The Kier molecular flexibility index (Phi) is 7.51. The quantitative estimate of drug-likeness (QED) is 0.251. The highest BCUT2D eigenvalue weighted by atomic mass is 16.1. The van der Waals surface area contributed by atoms with Crippen molar-refractivity contribution in [1.82, 2.24) is 34.7 Å². The van der Waals surface area contributed by atoms with Crippen LogP contribution in [-0.4, -0.2) is 34.7 Å². The Morgan fingerprint density at radius 3 is 2.15 bits per heavy atom. The topological polar surface area (TPSA) is 94.3 Å². The maximum absolute atomic E-state index is 14.2. The van der Waals surface area contributed by atoms with E-state index in [2.05, 4.69) is 111 Å². The third-order valence-corrected chi connectivity index (χ3v) is 7.42. The molecule has 3 heterocycles. The standard InChI is InChI=1S/C33H39N7O/c1-8-11-24-21-40(29-26(32(2,3)4)13-9-14-27(29)33(5,6)7)31(41)39(24)20-22-15-17-23(18-16-22)28-25(12-10-19-34-28)30-35-37-38-36-30/h9-10,12-19,21H,8,11,20H2,1-7H3,(H,35,36,37,38). The Labute approximate surface area is 241 Å². The molecule has 8 heteroatoms. The van der Waals surface area contributed by atoms with Crippen molar-refractivity contribution in [2.75, 3.05) is 0 Å². The minimum atomic E-state index is -0.120. The van der Waals surface area contributed by atoms with Crippen molar-refractivity contribution in [3.8, 4) is 28.3 Å². The van der Waals surface area contributed by atoms with Gasteiger partial charge in [0.1, 0.15) is 0 Å². The summed E-state index contributed by atoms with van der Waals surface area (Å²) in [6.07, 6.45) is 5.59. The summed E-state index contributed by atoms with van der Waals surface area (Å²) in [6, 6.07) is 18.4. The number of benzene rings is 2. The van der Waals surface area contributed by atoms with Gasteiger partial charge in [-0.15, -0.1) is 10.2 Å². The Balaban J connectivity index is 1.56. The number of aryl methyl sites for hydroxylation is 1. The van der Waals surface area contributed by atoms with Gasteiger partial charge in [-0.25, -0.2) is 4.79 Å². The lowest BCUT2D eigenvalue weighted by Gasteiger charge is -2.29. The number of nitrogens with one attached hydrogen (secondary N) is 1. The molecule has 3 aromatic heterocycles. The third-order valence-electron chi connectivity index (χ3n) is 7.42. The summed E-state index contributed by atoms with van der Waals surface area (Å²) in [4.78, 5) is 18.8. The van der Waals surface area contributed by atoms with Gasteiger partial charge in [-0.3, -0.25) is 14.1 Å². The van der Waals surface area contributed by atoms with Crippen LogP contribution in [0.4, 0.5) is 0 Å². The van der Waals surface area contributed by atoms with Gasteiger partial charge >= 0.3 is 5.69 Å². The van der Waals surface area contributed by atoms with Gasteiger partial charge < -0.3 is 0 Å². The first-order valence-electron chi connectivity index (χ1n) is 14.2. The lowest BCUT2D eigenvalue weighted by molar-refractivity contribution is 0.559. The molecule has 0 radical (unpaired) electrons. The normalized spacial score (nSPS) is 12.2. The van der Waals surface area contributed by atoms with Crippen LogP contribution in [0.5, 0.6) is 0 Å². The number of imidazole rings is 1. The molecule has 1 N–H and O–H groups in total. The van der Waals surface area contributed by atoms with Crippen LogP contribution in [0.1, 0.15) is 77.3 Å². The molecular formula is C33H39N7O. The van der Waals surface area contributed by atoms with Crippen molar-refractivity contribution < 1.29 is 0 Å². The molecule has 41 heavy (non-hydrogen) atoms. The summed E-state index contributed by atoms with van der Waals surface area (Å²) in [5.41, 5.74) is 7.71. The van der Waals surface area contributed by atoms with Crippen LogP contribution in [0.25, 0.3) is 28.3 Å². The number of hydrogen-bond acceptors (Lipinski definition) is 5. The molecule has 0 bridgehead atoms. The van der Waals surface area contributed by atoms with Gasteiger partial charge in [0, 0.05) is 29.2 Å². The summed E-state index contributed by atoms with van der Waals surface area (Å²) >= 11 is 0. The van der Waals surface area contributed by atoms with Gasteiger partial charge in [0.05, 0.1) is 17.9 Å². The molecule has 0 aliphatic carbocycles. The largest absolute Gasteiger partial charge is 0.333 e. The highest BCUT2D eigenvalue weighted by Gasteiger charge is 2.28. The SMILES string of the molecule is CCCc1cn(-c2c(C(C)(C)C)cccc2C(C)(C)C)c(=O)n1Cc1ccc(-c2ncccc2-c2nn[nH]n2)cc1. The lowest BCUT2D eigenvalue weighted by atomic mass is 9.78. The van der Waals surface area contributed by atoms with E-state index in [1.165, 1.54) is 11.1 Å². The number of H-pyrrole nitrogens is 1. The van der Waals surface area contributed by atoms with Crippen molar-refractivity contribution in [3.05, 3.63) is 99.9 Å². The Bertz CT molecular complexity index is 1660. The molecule has 8 nitrogen and oxygen atoms in total. The van der Waals surface area contributed by atoms with E-state index < -0.39 is 0 Å². The first-order chi connectivity index (χ1) is 19.5.